The van der Waals surface area contributed by atoms with Crippen LogP contribution >= 0.6 is 0 Å². The van der Waals surface area contributed by atoms with E-state index in [2.05, 4.69) is 34.1 Å². The molecule has 8 heterocycles. The number of carboxylic acid groups (broad SMARTS) is 2. The van der Waals surface area contributed by atoms with Gasteiger partial charge in [0.2, 0.25) is 13.6 Å². The van der Waals surface area contributed by atoms with E-state index in [1.54, 1.807) is 0 Å². The normalized spacial score (nSPS) is 31.1. The first kappa shape index (κ1) is 42.9. The number of hydrogen-bond acceptors (Lipinski definition) is 16. The van der Waals surface area contributed by atoms with Gasteiger partial charge in [-0.2, -0.15) is 16.8 Å². The SMILES string of the molecule is CS(=O)(=O)[NH+]1CCC[C@@H]2CN3CCc4cc5c(cc4[C@@H]3C[C@@H]21)OCO5.CS(=O)(=O)[NH+]1CCC[C@@H]2CN3CCc4cc5c(cc4[C@@H]3C[C@@H]21)OCO5.O=C([O-])C(O)C(O)C(=O)[O-]. The number of quaternary nitrogens is 2. The number of sulfonamides is 2. The molecule has 4 fully saturated rings. The number of carbonyl (C=O) groups is 2. The quantitative estimate of drug-likeness (QED) is 0.223. The summed E-state index contributed by atoms with van der Waals surface area (Å²) in [6.07, 6.45) is 6.13. The molecule has 0 saturated carbocycles. The van der Waals surface area contributed by atoms with Gasteiger partial charge in [0.1, 0.15) is 24.3 Å². The minimum absolute atomic E-state index is 0.210. The molecule has 10 atom stereocenters. The highest BCUT2D eigenvalue weighted by molar-refractivity contribution is 7.84. The topological polar surface area (TPSA) is 241 Å². The van der Waals surface area contributed by atoms with Gasteiger partial charge >= 0.3 is 0 Å². The molecule has 4 unspecified atom stereocenters. The second-order valence-corrected chi connectivity index (χ2v) is 21.5. The van der Waals surface area contributed by atoms with E-state index in [0.29, 0.717) is 37.5 Å². The lowest BCUT2D eigenvalue weighted by atomic mass is 9.77. The number of carboxylic acids is 2. The lowest BCUT2D eigenvalue weighted by molar-refractivity contribution is -0.812. The largest absolute Gasteiger partial charge is 0.547 e. The molecule has 60 heavy (non-hydrogen) atoms. The van der Waals surface area contributed by atoms with Crippen molar-refractivity contribution in [3.05, 3.63) is 46.5 Å². The van der Waals surface area contributed by atoms with Crippen LogP contribution in [0.25, 0.3) is 0 Å². The van der Waals surface area contributed by atoms with Crippen LogP contribution in [0, 0.1) is 11.8 Å². The van der Waals surface area contributed by atoms with Gasteiger partial charge in [-0.1, -0.05) is 0 Å². The molecule has 20 heteroatoms. The van der Waals surface area contributed by atoms with Crippen molar-refractivity contribution in [2.75, 3.05) is 65.4 Å². The summed E-state index contributed by atoms with van der Waals surface area (Å²) in [6, 6.07) is 9.55. The van der Waals surface area contributed by atoms with Gasteiger partial charge in [-0.25, -0.2) is 8.61 Å². The molecule has 10 rings (SSSR count). The first-order valence-corrected chi connectivity index (χ1v) is 24.5. The number of hydrogen-bond donors (Lipinski definition) is 4. The van der Waals surface area contributed by atoms with Gasteiger partial charge in [-0.05, 0) is 85.0 Å². The van der Waals surface area contributed by atoms with Crippen LogP contribution < -0.4 is 37.8 Å². The highest BCUT2D eigenvalue weighted by Gasteiger charge is 2.49. The molecule has 0 amide bonds. The summed E-state index contributed by atoms with van der Waals surface area (Å²) in [5.74, 6) is 0.227. The lowest BCUT2D eigenvalue weighted by Crippen LogP contribution is -3.19. The molecule has 0 aliphatic carbocycles. The highest BCUT2D eigenvalue weighted by atomic mass is 32.2. The van der Waals surface area contributed by atoms with Crippen molar-refractivity contribution in [2.45, 2.75) is 87.7 Å². The van der Waals surface area contributed by atoms with E-state index in [9.17, 15) is 36.6 Å². The molecule has 330 valence electrons. The number of aliphatic carboxylic acids is 2. The van der Waals surface area contributed by atoms with Gasteiger partial charge < -0.3 is 49.0 Å². The summed E-state index contributed by atoms with van der Waals surface area (Å²) in [4.78, 5) is 24.4. The average molecular weight is 879 g/mol. The van der Waals surface area contributed by atoms with Crippen molar-refractivity contribution in [1.29, 1.82) is 0 Å². The molecular weight excluding hydrogens is 825 g/mol. The Morgan fingerprint density at radius 1 is 0.667 bits per heavy atom. The maximum Gasteiger partial charge on any atom is 0.292 e. The van der Waals surface area contributed by atoms with Gasteiger partial charge in [0.05, 0.1) is 37.5 Å². The second-order valence-electron chi connectivity index (χ2n) is 17.3. The van der Waals surface area contributed by atoms with Gasteiger partial charge in [0.15, 0.2) is 23.0 Å². The number of nitrogens with one attached hydrogen (secondary N) is 2. The van der Waals surface area contributed by atoms with Crippen molar-refractivity contribution in [3.63, 3.8) is 0 Å². The summed E-state index contributed by atoms with van der Waals surface area (Å²) < 4.78 is 73.1. The molecule has 0 aromatic heterocycles. The molecule has 0 spiro atoms. The number of piperidine rings is 4. The van der Waals surface area contributed by atoms with E-state index in [1.807, 2.05) is 0 Å². The molecule has 2 aromatic rings. The molecule has 8 aliphatic heterocycles. The van der Waals surface area contributed by atoms with Crippen molar-refractivity contribution in [1.82, 2.24) is 9.80 Å². The Morgan fingerprint density at radius 2 is 1.03 bits per heavy atom. The monoisotopic (exact) mass is 878 g/mol. The van der Waals surface area contributed by atoms with Gasteiger partial charge in [0, 0.05) is 62.9 Å². The molecule has 2 aromatic carbocycles. The summed E-state index contributed by atoms with van der Waals surface area (Å²) in [7, 11) is -6.14. The summed E-state index contributed by atoms with van der Waals surface area (Å²) in [5, 5.41) is 35.7. The minimum Gasteiger partial charge on any atom is -0.547 e. The number of ether oxygens (including phenoxy) is 4. The highest BCUT2D eigenvalue weighted by Crippen LogP contribution is 2.46. The van der Waals surface area contributed by atoms with Crippen LogP contribution in [-0.4, -0.2) is 138 Å². The smallest absolute Gasteiger partial charge is 0.292 e. The van der Waals surface area contributed by atoms with E-state index in [1.165, 1.54) is 34.8 Å². The molecule has 0 radical (unpaired) electrons. The number of fused-ring (bicyclic) bond motifs is 10. The fourth-order valence-electron chi connectivity index (χ4n) is 11.0. The third kappa shape index (κ3) is 8.53. The Balaban J connectivity index is 0.000000137. The summed E-state index contributed by atoms with van der Waals surface area (Å²) in [6.45, 7) is 6.22. The Morgan fingerprint density at radius 3 is 1.38 bits per heavy atom. The van der Waals surface area contributed by atoms with Crippen LogP contribution in [0.2, 0.25) is 0 Å². The van der Waals surface area contributed by atoms with Crippen LogP contribution in [-0.2, 0) is 42.5 Å². The van der Waals surface area contributed by atoms with Gasteiger partial charge in [-0.15, -0.1) is 0 Å². The van der Waals surface area contributed by atoms with Crippen LogP contribution in [0.5, 0.6) is 23.0 Å². The predicted molar refractivity (Wildman–Crippen MR) is 207 cm³/mol. The maximum absolute atomic E-state index is 12.3. The van der Waals surface area contributed by atoms with E-state index < -0.39 is 44.2 Å². The molecule has 4 N–H and O–H groups in total. The van der Waals surface area contributed by atoms with Crippen LogP contribution in [0.1, 0.15) is 72.9 Å². The maximum atomic E-state index is 12.3. The van der Waals surface area contributed by atoms with Crippen molar-refractivity contribution in [3.8, 4) is 23.0 Å². The van der Waals surface area contributed by atoms with Crippen LogP contribution in [0.4, 0.5) is 0 Å². The molecule has 18 nitrogen and oxygen atoms in total. The van der Waals surface area contributed by atoms with E-state index in [0.717, 1.165) is 122 Å². The Bertz CT molecular complexity index is 2050. The van der Waals surface area contributed by atoms with Crippen molar-refractivity contribution >= 4 is 32.0 Å². The first-order chi connectivity index (χ1) is 28.5. The van der Waals surface area contributed by atoms with E-state index in [-0.39, 0.29) is 12.1 Å². The Hall–Kier alpha value is -3.76. The number of aliphatic hydroxyl groups is 2. The third-order valence-corrected chi connectivity index (χ3v) is 16.7. The number of aliphatic hydroxyl groups excluding tert-OH is 2. The summed E-state index contributed by atoms with van der Waals surface area (Å²) >= 11 is 0. The van der Waals surface area contributed by atoms with Crippen molar-refractivity contribution in [2.24, 2.45) is 11.8 Å². The van der Waals surface area contributed by atoms with E-state index in [4.69, 9.17) is 29.2 Å². The molecular formula is C40H54N4O14S2. The Labute approximate surface area is 349 Å². The summed E-state index contributed by atoms with van der Waals surface area (Å²) in [5.41, 5.74) is 5.29. The van der Waals surface area contributed by atoms with Gasteiger partial charge in [-0.3, -0.25) is 9.80 Å². The first-order valence-electron chi connectivity index (χ1n) is 20.7. The molecule has 4 saturated heterocycles. The van der Waals surface area contributed by atoms with Crippen LogP contribution in [0.15, 0.2) is 24.3 Å². The predicted octanol–water partition coefficient (Wildman–Crippen LogP) is -4.11. The van der Waals surface area contributed by atoms with Crippen LogP contribution in [0.3, 0.4) is 0 Å². The number of carbonyl (C=O) groups excluding carboxylic acids is 2. The molecule has 0 bridgehead atoms. The lowest BCUT2D eigenvalue weighted by Gasteiger charge is -2.49. The van der Waals surface area contributed by atoms with Gasteiger partial charge in [0.25, 0.3) is 20.0 Å². The number of rotatable bonds is 5. The zero-order chi connectivity index (χ0) is 42.7. The average Bonchev–Trinajstić information content (AvgIpc) is 3.88. The molecule has 8 aliphatic rings. The Kier molecular flexibility index (Phi) is 12.0. The van der Waals surface area contributed by atoms with E-state index >= 15 is 0 Å². The number of nitrogens with zero attached hydrogens (tertiary/aromatic N) is 2. The fourth-order valence-corrected chi connectivity index (χ4v) is 13.7. The number of benzene rings is 2. The third-order valence-electron chi connectivity index (χ3n) is 13.8. The second kappa shape index (κ2) is 16.8. The minimum atomic E-state index is -3.07. The fraction of sp³-hybridized carbons (Fsp3) is 0.650. The zero-order valence-electron chi connectivity index (χ0n) is 33.7. The van der Waals surface area contributed by atoms with Crippen molar-refractivity contribution < 1.29 is 74.4 Å². The standard InChI is InChI=1S/2C18H24N2O4S.C4H6O6/c2*1-25(21,22)20-5-2-3-13-10-19-6-4-12-7-17-18(24-11-23-17)8-14(12)16(19)9-15(13)20;5-1(3(7)8)2(6)4(9)10/h2*7-8,13,15-16H,2-6,9-11H2,1H3;1-2,5-6H,(H,7,8)(H,9,10)/t2*13-,15+,16+;/m11./s1. The zero-order valence-corrected chi connectivity index (χ0v) is 35.4.